The number of rotatable bonds is 3. The topological polar surface area (TPSA) is 55.6 Å². The van der Waals surface area contributed by atoms with Gasteiger partial charge in [0.2, 0.25) is 5.91 Å². The van der Waals surface area contributed by atoms with Gasteiger partial charge in [-0.05, 0) is 20.3 Å². The summed E-state index contributed by atoms with van der Waals surface area (Å²) in [5.74, 6) is 0.151. The fourth-order valence-electron chi connectivity index (χ4n) is 1.80. The maximum Gasteiger partial charge on any atom is 0.224 e. The van der Waals surface area contributed by atoms with Crippen molar-refractivity contribution in [3.8, 4) is 0 Å². The summed E-state index contributed by atoms with van der Waals surface area (Å²) in [6.07, 6.45) is 1.29. The molecule has 0 spiro atoms. The van der Waals surface area contributed by atoms with Crippen LogP contribution in [0.5, 0.6) is 0 Å². The van der Waals surface area contributed by atoms with Crippen LogP contribution < -0.4 is 5.73 Å². The molecule has 0 aromatic heterocycles. The Morgan fingerprint density at radius 1 is 1.60 bits per heavy atom. The number of morpholine rings is 1. The van der Waals surface area contributed by atoms with Crippen LogP contribution in [0.3, 0.4) is 0 Å². The summed E-state index contributed by atoms with van der Waals surface area (Å²) in [5.41, 5.74) is 5.60. The van der Waals surface area contributed by atoms with E-state index < -0.39 is 0 Å². The van der Waals surface area contributed by atoms with Gasteiger partial charge in [-0.25, -0.2) is 0 Å². The molecule has 1 heterocycles. The molecule has 1 atom stereocenters. The van der Waals surface area contributed by atoms with Crippen LogP contribution in [0, 0.1) is 0 Å². The van der Waals surface area contributed by atoms with Gasteiger partial charge < -0.3 is 15.4 Å². The second-order valence-corrected chi connectivity index (χ2v) is 4.78. The zero-order chi connectivity index (χ0) is 11.5. The third-order valence-corrected chi connectivity index (χ3v) is 2.91. The Labute approximate surface area is 91.8 Å². The molecule has 1 rings (SSSR count). The highest BCUT2D eigenvalue weighted by Gasteiger charge is 2.34. The number of hydrogen-bond acceptors (Lipinski definition) is 3. The summed E-state index contributed by atoms with van der Waals surface area (Å²) < 4.78 is 5.37. The molecule has 0 aromatic rings. The average molecular weight is 214 g/mol. The number of carbonyl (C=O) groups is 1. The summed E-state index contributed by atoms with van der Waals surface area (Å²) in [4.78, 5) is 13.9. The van der Waals surface area contributed by atoms with E-state index in [0.29, 0.717) is 26.2 Å². The third-order valence-electron chi connectivity index (χ3n) is 2.91. The normalized spacial score (nSPS) is 22.5. The van der Waals surface area contributed by atoms with Crippen molar-refractivity contribution in [2.24, 2.45) is 5.73 Å². The average Bonchev–Trinajstić information content (AvgIpc) is 2.16. The maximum atomic E-state index is 12.0. The van der Waals surface area contributed by atoms with Crippen molar-refractivity contribution in [3.63, 3.8) is 0 Å². The number of nitrogens with two attached hydrogens (primary N) is 1. The maximum absolute atomic E-state index is 12.0. The Hall–Kier alpha value is -0.610. The van der Waals surface area contributed by atoms with Crippen LogP contribution in [-0.2, 0) is 9.53 Å². The molecule has 4 nitrogen and oxygen atoms in total. The lowest BCUT2D eigenvalue weighted by Crippen LogP contribution is -2.56. The molecule has 1 fully saturated rings. The molecule has 15 heavy (non-hydrogen) atoms. The van der Waals surface area contributed by atoms with Crippen molar-refractivity contribution in [2.45, 2.75) is 45.2 Å². The SMILES string of the molecule is CCC(N)CC(=O)N1CCOCC1(C)C. The quantitative estimate of drug-likeness (QED) is 0.754. The standard InChI is InChI=1S/C11H22N2O2/c1-4-9(12)7-10(14)13-5-6-15-8-11(13,2)3/h9H,4-8,12H2,1-3H3. The first-order valence-electron chi connectivity index (χ1n) is 5.61. The van der Waals surface area contributed by atoms with Gasteiger partial charge in [-0.1, -0.05) is 6.92 Å². The summed E-state index contributed by atoms with van der Waals surface area (Å²) in [6, 6.07) is -0.0175. The van der Waals surface area contributed by atoms with Gasteiger partial charge in [0.25, 0.3) is 0 Å². The van der Waals surface area contributed by atoms with Crippen LogP contribution in [0.1, 0.15) is 33.6 Å². The fourth-order valence-corrected chi connectivity index (χ4v) is 1.80. The molecular weight excluding hydrogens is 192 g/mol. The summed E-state index contributed by atoms with van der Waals surface area (Å²) in [5, 5.41) is 0. The largest absolute Gasteiger partial charge is 0.377 e. The van der Waals surface area contributed by atoms with Crippen LogP contribution in [0.2, 0.25) is 0 Å². The van der Waals surface area contributed by atoms with Crippen LogP contribution in [-0.4, -0.2) is 42.1 Å². The van der Waals surface area contributed by atoms with E-state index in [1.807, 2.05) is 25.7 Å². The van der Waals surface area contributed by atoms with Crippen LogP contribution in [0.4, 0.5) is 0 Å². The van der Waals surface area contributed by atoms with Gasteiger partial charge in [-0.3, -0.25) is 4.79 Å². The zero-order valence-corrected chi connectivity index (χ0v) is 9.95. The van der Waals surface area contributed by atoms with E-state index in [1.54, 1.807) is 0 Å². The Morgan fingerprint density at radius 3 is 2.80 bits per heavy atom. The first-order chi connectivity index (χ1) is 6.97. The number of ether oxygens (including phenoxy) is 1. The Bertz CT molecular complexity index is 229. The molecule has 4 heteroatoms. The highest BCUT2D eigenvalue weighted by Crippen LogP contribution is 2.20. The second-order valence-electron chi connectivity index (χ2n) is 4.78. The van der Waals surface area contributed by atoms with Gasteiger partial charge in [0.15, 0.2) is 0 Å². The molecule has 0 aliphatic carbocycles. The molecule has 1 saturated heterocycles. The first kappa shape index (κ1) is 12.5. The fraction of sp³-hybridized carbons (Fsp3) is 0.909. The van der Waals surface area contributed by atoms with E-state index >= 15 is 0 Å². The smallest absolute Gasteiger partial charge is 0.224 e. The molecule has 1 aliphatic heterocycles. The summed E-state index contributed by atoms with van der Waals surface area (Å²) in [6.45, 7) is 7.99. The minimum Gasteiger partial charge on any atom is -0.377 e. The van der Waals surface area contributed by atoms with Crippen molar-refractivity contribution in [3.05, 3.63) is 0 Å². The summed E-state index contributed by atoms with van der Waals surface area (Å²) in [7, 11) is 0. The molecule has 2 N–H and O–H groups in total. The highest BCUT2D eigenvalue weighted by atomic mass is 16.5. The molecule has 1 aliphatic rings. The monoisotopic (exact) mass is 214 g/mol. The van der Waals surface area contributed by atoms with E-state index in [0.717, 1.165) is 6.42 Å². The minimum absolute atomic E-state index is 0.0175. The Kier molecular flexibility index (Phi) is 4.11. The van der Waals surface area contributed by atoms with Crippen molar-refractivity contribution in [1.29, 1.82) is 0 Å². The number of nitrogens with zero attached hydrogens (tertiary/aromatic N) is 1. The predicted octanol–water partition coefficient (Wildman–Crippen LogP) is 0.751. The lowest BCUT2D eigenvalue weighted by Gasteiger charge is -2.42. The molecular formula is C11H22N2O2. The van der Waals surface area contributed by atoms with E-state index in [-0.39, 0.29) is 17.5 Å². The second kappa shape index (κ2) is 4.94. The van der Waals surface area contributed by atoms with Crippen molar-refractivity contribution >= 4 is 5.91 Å². The van der Waals surface area contributed by atoms with Gasteiger partial charge in [0, 0.05) is 19.0 Å². The molecule has 0 radical (unpaired) electrons. The lowest BCUT2D eigenvalue weighted by molar-refractivity contribution is -0.146. The van der Waals surface area contributed by atoms with E-state index in [1.165, 1.54) is 0 Å². The van der Waals surface area contributed by atoms with E-state index in [4.69, 9.17) is 10.5 Å². The van der Waals surface area contributed by atoms with Crippen LogP contribution in [0.25, 0.3) is 0 Å². The number of hydrogen-bond donors (Lipinski definition) is 1. The molecule has 0 saturated carbocycles. The molecule has 0 aromatic carbocycles. The van der Waals surface area contributed by atoms with Crippen LogP contribution >= 0.6 is 0 Å². The lowest BCUT2D eigenvalue weighted by atomic mass is 10.0. The van der Waals surface area contributed by atoms with Gasteiger partial charge in [0.1, 0.15) is 0 Å². The Balaban J connectivity index is 2.57. The minimum atomic E-state index is -0.192. The van der Waals surface area contributed by atoms with E-state index in [2.05, 4.69) is 0 Å². The first-order valence-corrected chi connectivity index (χ1v) is 5.61. The molecule has 0 bridgehead atoms. The summed E-state index contributed by atoms with van der Waals surface area (Å²) >= 11 is 0. The predicted molar refractivity (Wildman–Crippen MR) is 59.5 cm³/mol. The number of carbonyl (C=O) groups excluding carboxylic acids is 1. The highest BCUT2D eigenvalue weighted by molar-refractivity contribution is 5.77. The van der Waals surface area contributed by atoms with Gasteiger partial charge in [0.05, 0.1) is 18.8 Å². The zero-order valence-electron chi connectivity index (χ0n) is 9.95. The third kappa shape index (κ3) is 3.18. The van der Waals surface area contributed by atoms with Gasteiger partial charge >= 0.3 is 0 Å². The molecule has 1 amide bonds. The van der Waals surface area contributed by atoms with Gasteiger partial charge in [-0.15, -0.1) is 0 Å². The van der Waals surface area contributed by atoms with Crippen LogP contribution in [0.15, 0.2) is 0 Å². The molecule has 88 valence electrons. The molecule has 1 unspecified atom stereocenters. The van der Waals surface area contributed by atoms with Crippen molar-refractivity contribution in [2.75, 3.05) is 19.8 Å². The van der Waals surface area contributed by atoms with Gasteiger partial charge in [-0.2, -0.15) is 0 Å². The Morgan fingerprint density at radius 2 is 2.27 bits per heavy atom. The van der Waals surface area contributed by atoms with E-state index in [9.17, 15) is 4.79 Å². The van der Waals surface area contributed by atoms with Crippen molar-refractivity contribution < 1.29 is 9.53 Å². The van der Waals surface area contributed by atoms with Crippen molar-refractivity contribution in [1.82, 2.24) is 4.90 Å². The number of amides is 1.